The third kappa shape index (κ3) is 7.60. The minimum atomic E-state index is 0.734. The van der Waals surface area contributed by atoms with Gasteiger partial charge in [-0.05, 0) is 24.6 Å². The van der Waals surface area contributed by atoms with E-state index in [0.717, 1.165) is 30.2 Å². The third-order valence-electron chi connectivity index (χ3n) is 2.96. The smallest absolute Gasteiger partial charge is 0.120 e. The molecule has 1 aromatic rings. The van der Waals surface area contributed by atoms with E-state index in [1.807, 2.05) is 24.3 Å². The van der Waals surface area contributed by atoms with Crippen LogP contribution < -0.4 is 4.74 Å². The highest BCUT2D eigenvalue weighted by Gasteiger charge is 1.95. The minimum absolute atomic E-state index is 0.734. The van der Waals surface area contributed by atoms with Crippen LogP contribution in [0.2, 0.25) is 5.02 Å². The number of benzene rings is 1. The molecule has 0 N–H and O–H groups in total. The Balaban J connectivity index is 1.92. The van der Waals surface area contributed by atoms with Gasteiger partial charge in [-0.2, -0.15) is 0 Å². The van der Waals surface area contributed by atoms with E-state index in [4.69, 9.17) is 16.3 Å². The molecular formula is C16H24ClO. The van der Waals surface area contributed by atoms with E-state index >= 15 is 0 Å². The van der Waals surface area contributed by atoms with E-state index in [9.17, 15) is 0 Å². The van der Waals surface area contributed by atoms with Gasteiger partial charge < -0.3 is 4.74 Å². The highest BCUT2D eigenvalue weighted by Crippen LogP contribution is 2.17. The zero-order valence-corrected chi connectivity index (χ0v) is 11.9. The van der Waals surface area contributed by atoms with Crippen molar-refractivity contribution < 1.29 is 4.74 Å². The van der Waals surface area contributed by atoms with Gasteiger partial charge in [-0.25, -0.2) is 0 Å². The van der Waals surface area contributed by atoms with Gasteiger partial charge in [0.1, 0.15) is 5.75 Å². The van der Waals surface area contributed by atoms with Gasteiger partial charge >= 0.3 is 0 Å². The first-order valence-corrected chi connectivity index (χ1v) is 7.38. The van der Waals surface area contributed by atoms with Gasteiger partial charge in [0.25, 0.3) is 0 Å². The average molecular weight is 268 g/mol. The number of rotatable bonds is 10. The van der Waals surface area contributed by atoms with Crippen molar-refractivity contribution in [3.63, 3.8) is 0 Å². The van der Waals surface area contributed by atoms with Crippen LogP contribution >= 0.6 is 11.6 Å². The Labute approximate surface area is 116 Å². The molecule has 0 aliphatic rings. The predicted molar refractivity (Wildman–Crippen MR) is 79.2 cm³/mol. The molecular weight excluding hydrogens is 244 g/mol. The molecule has 1 nitrogen and oxygen atoms in total. The first-order chi connectivity index (χ1) is 8.83. The lowest BCUT2D eigenvalue weighted by atomic mass is 10.1. The van der Waals surface area contributed by atoms with Crippen LogP contribution in [0.3, 0.4) is 0 Å². The second-order valence-electron chi connectivity index (χ2n) is 4.63. The molecule has 0 saturated heterocycles. The largest absolute Gasteiger partial charge is 0.494 e. The molecule has 0 amide bonds. The van der Waals surface area contributed by atoms with Gasteiger partial charge in [-0.3, -0.25) is 0 Å². The van der Waals surface area contributed by atoms with Crippen LogP contribution in [0, 0.1) is 6.92 Å². The number of unbranched alkanes of at least 4 members (excludes halogenated alkanes) is 7. The predicted octanol–water partition coefficient (Wildman–Crippen LogP) is 5.67. The van der Waals surface area contributed by atoms with Gasteiger partial charge in [0.15, 0.2) is 0 Å². The molecule has 101 valence electrons. The molecule has 0 aromatic heterocycles. The third-order valence-corrected chi connectivity index (χ3v) is 3.19. The van der Waals surface area contributed by atoms with Gasteiger partial charge in [0.05, 0.1) is 6.61 Å². The SMILES string of the molecule is [CH2]CCCCCCCCCOc1cccc(Cl)c1. The van der Waals surface area contributed by atoms with Crippen molar-refractivity contribution in [1.29, 1.82) is 0 Å². The maximum atomic E-state index is 5.88. The molecule has 0 aliphatic heterocycles. The first kappa shape index (κ1) is 15.4. The van der Waals surface area contributed by atoms with Crippen molar-refractivity contribution >= 4 is 11.6 Å². The second-order valence-corrected chi connectivity index (χ2v) is 5.07. The molecule has 18 heavy (non-hydrogen) atoms. The lowest BCUT2D eigenvalue weighted by Crippen LogP contribution is -1.97. The summed E-state index contributed by atoms with van der Waals surface area (Å²) >= 11 is 5.88. The Morgan fingerprint density at radius 1 is 0.944 bits per heavy atom. The standard InChI is InChI=1S/C16H24ClO/c1-2-3-4-5-6-7-8-9-13-18-16-12-10-11-15(17)14-16/h10-12,14H,1-9,13H2. The molecule has 0 fully saturated rings. The van der Waals surface area contributed by atoms with Gasteiger partial charge in [0.2, 0.25) is 0 Å². The van der Waals surface area contributed by atoms with Crippen molar-refractivity contribution in [3.05, 3.63) is 36.2 Å². The number of hydrogen-bond donors (Lipinski definition) is 0. The summed E-state index contributed by atoms with van der Waals surface area (Å²) in [5.74, 6) is 0.873. The highest BCUT2D eigenvalue weighted by atomic mass is 35.5. The minimum Gasteiger partial charge on any atom is -0.494 e. The van der Waals surface area contributed by atoms with E-state index in [0.29, 0.717) is 0 Å². The Kier molecular flexibility index (Phi) is 8.75. The molecule has 1 rings (SSSR count). The van der Waals surface area contributed by atoms with Gasteiger partial charge in [-0.1, -0.05) is 69.5 Å². The van der Waals surface area contributed by atoms with E-state index in [1.165, 1.54) is 38.5 Å². The molecule has 0 aliphatic carbocycles. The zero-order valence-electron chi connectivity index (χ0n) is 11.2. The fourth-order valence-corrected chi connectivity index (χ4v) is 2.09. The van der Waals surface area contributed by atoms with E-state index < -0.39 is 0 Å². The Hall–Kier alpha value is -0.690. The summed E-state index contributed by atoms with van der Waals surface area (Å²) in [7, 11) is 0. The molecule has 0 heterocycles. The monoisotopic (exact) mass is 267 g/mol. The maximum absolute atomic E-state index is 5.88. The lowest BCUT2D eigenvalue weighted by molar-refractivity contribution is 0.304. The summed E-state index contributed by atoms with van der Waals surface area (Å²) < 4.78 is 5.64. The van der Waals surface area contributed by atoms with Crippen LogP contribution in [0.5, 0.6) is 5.75 Å². The van der Waals surface area contributed by atoms with Gasteiger partial charge in [0, 0.05) is 5.02 Å². The molecule has 1 radical (unpaired) electrons. The molecule has 0 unspecified atom stereocenters. The summed E-state index contributed by atoms with van der Waals surface area (Å²) in [6, 6.07) is 7.59. The van der Waals surface area contributed by atoms with Crippen molar-refractivity contribution in [2.45, 2.75) is 51.4 Å². The van der Waals surface area contributed by atoms with E-state index in [-0.39, 0.29) is 0 Å². The Morgan fingerprint density at radius 3 is 2.28 bits per heavy atom. The van der Waals surface area contributed by atoms with Crippen LogP contribution in [0.15, 0.2) is 24.3 Å². The molecule has 0 saturated carbocycles. The van der Waals surface area contributed by atoms with E-state index in [2.05, 4.69) is 6.92 Å². The van der Waals surface area contributed by atoms with Crippen LogP contribution in [0.25, 0.3) is 0 Å². The summed E-state index contributed by atoms with van der Waals surface area (Å²) in [5, 5.41) is 0.734. The molecule has 2 heteroatoms. The van der Waals surface area contributed by atoms with Crippen LogP contribution in [0.1, 0.15) is 51.4 Å². The molecule has 0 atom stereocenters. The topological polar surface area (TPSA) is 9.23 Å². The van der Waals surface area contributed by atoms with Crippen LogP contribution in [0.4, 0.5) is 0 Å². The summed E-state index contributed by atoms with van der Waals surface area (Å²) in [6.07, 6.45) is 10.1. The zero-order chi connectivity index (χ0) is 13.1. The van der Waals surface area contributed by atoms with Gasteiger partial charge in [-0.15, -0.1) is 0 Å². The Bertz CT molecular complexity index is 312. The maximum Gasteiger partial charge on any atom is 0.120 e. The number of halogens is 1. The van der Waals surface area contributed by atoms with Crippen molar-refractivity contribution in [1.82, 2.24) is 0 Å². The fourth-order valence-electron chi connectivity index (χ4n) is 1.91. The van der Waals surface area contributed by atoms with Crippen molar-refractivity contribution in [2.75, 3.05) is 6.61 Å². The average Bonchev–Trinajstić information content (AvgIpc) is 2.37. The molecule has 0 spiro atoms. The highest BCUT2D eigenvalue weighted by molar-refractivity contribution is 6.30. The number of hydrogen-bond acceptors (Lipinski definition) is 1. The molecule has 0 bridgehead atoms. The normalized spacial score (nSPS) is 10.6. The summed E-state index contributed by atoms with van der Waals surface area (Å²) in [5.41, 5.74) is 0. The van der Waals surface area contributed by atoms with Crippen LogP contribution in [-0.2, 0) is 0 Å². The Morgan fingerprint density at radius 2 is 1.61 bits per heavy atom. The van der Waals surface area contributed by atoms with Crippen LogP contribution in [-0.4, -0.2) is 6.61 Å². The first-order valence-electron chi connectivity index (χ1n) is 7.00. The van der Waals surface area contributed by atoms with E-state index in [1.54, 1.807) is 0 Å². The fraction of sp³-hybridized carbons (Fsp3) is 0.562. The quantitative estimate of drug-likeness (QED) is 0.496. The van der Waals surface area contributed by atoms with Crippen molar-refractivity contribution in [2.24, 2.45) is 0 Å². The lowest BCUT2D eigenvalue weighted by Gasteiger charge is -2.06. The second kappa shape index (κ2) is 10.3. The summed E-state index contributed by atoms with van der Waals surface area (Å²) in [6.45, 7) is 4.64. The number of ether oxygens (including phenoxy) is 1. The molecule has 1 aromatic carbocycles. The summed E-state index contributed by atoms with van der Waals surface area (Å²) in [4.78, 5) is 0. The van der Waals surface area contributed by atoms with Crippen molar-refractivity contribution in [3.8, 4) is 5.75 Å².